The molecule has 23 nitrogen and oxygen atoms in total. The highest BCUT2D eigenvalue weighted by molar-refractivity contribution is 5.89. The fraction of sp³-hybridized carbons (Fsp3) is 0.429. The number of rotatable bonds is 11. The lowest BCUT2D eigenvalue weighted by Crippen LogP contribution is -2.64. The summed E-state index contributed by atoms with van der Waals surface area (Å²) in [7, 11) is 0. The number of aromatic hydroxyl groups is 5. The number of hydrogen-bond donors (Lipinski definition) is 13. The number of ether oxygens (including phenoxy) is 7. The van der Waals surface area contributed by atoms with Gasteiger partial charge in [0.15, 0.2) is 41.2 Å². The van der Waals surface area contributed by atoms with E-state index in [0.29, 0.717) is 0 Å². The zero-order chi connectivity index (χ0) is 47.2. The summed E-state index contributed by atoms with van der Waals surface area (Å²) in [5.41, 5.74) is -1.48. The van der Waals surface area contributed by atoms with Crippen molar-refractivity contribution in [1.82, 2.24) is 0 Å². The summed E-state index contributed by atoms with van der Waals surface area (Å²) < 4.78 is 45.9. The first-order chi connectivity index (χ1) is 30.7. The maximum atomic E-state index is 14.5. The molecule has 1 aromatic heterocycles. The fourth-order valence-electron chi connectivity index (χ4n) is 7.23. The molecule has 3 fully saturated rings. The summed E-state index contributed by atoms with van der Waals surface area (Å²) in [4.78, 5) is 27.3. The van der Waals surface area contributed by atoms with Crippen molar-refractivity contribution in [1.29, 1.82) is 0 Å². The molecule has 0 amide bonds. The first-order valence-electron chi connectivity index (χ1n) is 19.9. The summed E-state index contributed by atoms with van der Waals surface area (Å²) in [6, 6.07) is 8.85. The van der Waals surface area contributed by atoms with E-state index >= 15 is 0 Å². The molecule has 0 spiro atoms. The molecule has 4 heterocycles. The van der Waals surface area contributed by atoms with Crippen LogP contribution in [0.4, 0.5) is 0 Å². The van der Waals surface area contributed by atoms with Gasteiger partial charge in [-0.05, 0) is 55.8 Å². The number of aliphatic hydroxyl groups is 8. The third-order valence-electron chi connectivity index (χ3n) is 11.0. The number of esters is 1. The van der Waals surface area contributed by atoms with Crippen molar-refractivity contribution in [2.24, 2.45) is 0 Å². The monoisotopic (exact) mass is 918 g/mol. The van der Waals surface area contributed by atoms with E-state index in [-0.39, 0.29) is 16.9 Å². The van der Waals surface area contributed by atoms with Crippen LogP contribution in [0.3, 0.4) is 0 Å². The molecule has 352 valence electrons. The maximum Gasteiger partial charge on any atom is 0.330 e. The number of benzene rings is 3. The highest BCUT2D eigenvalue weighted by atomic mass is 16.8. The SMILES string of the molecule is CC1O[C@@H](Oc2cc(O)c3c(=O)c(O[C@@H]4OC(COC(=O)/C=C/c5ccc(O)c(O)c5)[C@@H](O)C(O)C4O[C@@H]4OC(C)[C@H](O)C(O)[C@@H]4O)c(-c4ccc(O)c(O)c4)oc3c2)C(O)C(O)[C@H]1O. The fourth-order valence-corrected chi connectivity index (χ4v) is 7.23. The molecule has 15 atom stereocenters. The van der Waals surface area contributed by atoms with Gasteiger partial charge in [0.2, 0.25) is 23.8 Å². The first kappa shape index (κ1) is 47.2. The molecule has 0 radical (unpaired) electrons. The Morgan fingerprint density at radius 1 is 0.631 bits per heavy atom. The van der Waals surface area contributed by atoms with E-state index in [2.05, 4.69) is 0 Å². The van der Waals surface area contributed by atoms with Crippen molar-refractivity contribution in [2.75, 3.05) is 6.61 Å². The van der Waals surface area contributed by atoms with Crippen molar-refractivity contribution in [3.05, 3.63) is 70.4 Å². The van der Waals surface area contributed by atoms with Gasteiger partial charge in [-0.1, -0.05) is 6.07 Å². The normalized spacial score (nSPS) is 32.9. The summed E-state index contributed by atoms with van der Waals surface area (Å²) in [6.07, 6.45) is -23.7. The molecule has 0 bridgehead atoms. The Morgan fingerprint density at radius 2 is 1.25 bits per heavy atom. The molecule has 13 N–H and O–H groups in total. The van der Waals surface area contributed by atoms with Crippen molar-refractivity contribution in [2.45, 2.75) is 106 Å². The van der Waals surface area contributed by atoms with Crippen molar-refractivity contribution >= 4 is 23.0 Å². The first-order valence-corrected chi connectivity index (χ1v) is 19.9. The average molecular weight is 919 g/mol. The van der Waals surface area contributed by atoms with Gasteiger partial charge in [0.25, 0.3) is 0 Å². The van der Waals surface area contributed by atoms with Crippen molar-refractivity contribution < 1.29 is 109 Å². The van der Waals surface area contributed by atoms with Crippen molar-refractivity contribution in [3.63, 3.8) is 0 Å². The number of phenolic OH excluding ortho intramolecular Hbond substituents is 5. The quantitative estimate of drug-likeness (QED) is 0.0462. The van der Waals surface area contributed by atoms with Crippen LogP contribution in [-0.4, -0.2) is 171 Å². The topological polar surface area (TPSA) is 375 Å². The smallest absolute Gasteiger partial charge is 0.330 e. The molecule has 65 heavy (non-hydrogen) atoms. The second kappa shape index (κ2) is 19.0. The van der Waals surface area contributed by atoms with E-state index in [0.717, 1.165) is 36.4 Å². The van der Waals surface area contributed by atoms with Gasteiger partial charge in [0, 0.05) is 23.8 Å². The Balaban J connectivity index is 1.26. The summed E-state index contributed by atoms with van der Waals surface area (Å²) in [5.74, 6) is -5.68. The minimum absolute atomic E-state index is 0.165. The molecular weight excluding hydrogens is 872 g/mol. The second-order valence-corrected chi connectivity index (χ2v) is 15.5. The number of carbonyl (C=O) groups is 1. The van der Waals surface area contributed by atoms with Gasteiger partial charge in [0.05, 0.1) is 12.2 Å². The predicted octanol–water partition coefficient (Wildman–Crippen LogP) is -1.51. The number of hydrogen-bond acceptors (Lipinski definition) is 23. The highest BCUT2D eigenvalue weighted by Gasteiger charge is 2.52. The van der Waals surface area contributed by atoms with Gasteiger partial charge in [-0.15, -0.1) is 0 Å². The van der Waals surface area contributed by atoms with E-state index in [1.807, 2.05) is 0 Å². The summed E-state index contributed by atoms with van der Waals surface area (Å²) >= 11 is 0. The number of phenols is 5. The van der Waals surface area contributed by atoms with Crippen LogP contribution in [0.25, 0.3) is 28.4 Å². The van der Waals surface area contributed by atoms with Crippen LogP contribution in [0.15, 0.2) is 63.8 Å². The number of aliphatic hydroxyl groups excluding tert-OH is 8. The number of fused-ring (bicyclic) bond motifs is 1. The molecule has 3 aliphatic heterocycles. The third-order valence-corrected chi connectivity index (χ3v) is 11.0. The second-order valence-electron chi connectivity index (χ2n) is 15.5. The molecular formula is C42H46O23. The molecule has 23 heteroatoms. The van der Waals surface area contributed by atoms with Gasteiger partial charge in [0.1, 0.15) is 84.0 Å². The Kier molecular flexibility index (Phi) is 13.8. The van der Waals surface area contributed by atoms with Gasteiger partial charge in [-0.25, -0.2) is 4.79 Å². The maximum absolute atomic E-state index is 14.5. The zero-order valence-electron chi connectivity index (χ0n) is 34.0. The van der Waals surface area contributed by atoms with E-state index < -0.39 is 161 Å². The summed E-state index contributed by atoms with van der Waals surface area (Å²) in [5, 5.41) is 136. The van der Waals surface area contributed by atoms with Crippen LogP contribution >= 0.6 is 0 Å². The standard InChI is InChI=1S/C42H46O23/c1-14-28(49)32(53)35(56)40(59-14)61-18-11-23(47)27-24(12-18)62-37(17-5-7-20(44)22(46)10-17)38(31(27)52)64-42-39(65-41-36(57)33(54)29(50)15(2)60-41)34(55)30(51)25(63-42)13-58-26(48)8-4-16-3-6-19(43)21(45)9-16/h3-12,14-15,25,28-30,32-36,39-47,49-51,53-57H,13H2,1-2H3/b8-4+/t14?,15?,25?,28-,29-,30+,32?,33?,34?,35?,36-,39?,40-,41-,42-/m0/s1. The Morgan fingerprint density at radius 3 is 1.89 bits per heavy atom. The highest BCUT2D eigenvalue weighted by Crippen LogP contribution is 2.41. The van der Waals surface area contributed by atoms with Gasteiger partial charge >= 0.3 is 5.97 Å². The van der Waals surface area contributed by atoms with E-state index in [1.165, 1.54) is 38.1 Å². The molecule has 3 aliphatic rings. The van der Waals surface area contributed by atoms with E-state index in [1.54, 1.807) is 0 Å². The van der Waals surface area contributed by atoms with E-state index in [9.17, 15) is 76.0 Å². The van der Waals surface area contributed by atoms with Gasteiger partial charge < -0.3 is 104 Å². The minimum atomic E-state index is -2.11. The lowest BCUT2D eigenvalue weighted by Gasteiger charge is -2.45. The van der Waals surface area contributed by atoms with Crippen LogP contribution < -0.4 is 14.9 Å². The summed E-state index contributed by atoms with van der Waals surface area (Å²) in [6.45, 7) is 1.93. The lowest BCUT2D eigenvalue weighted by atomic mass is 9.97. The van der Waals surface area contributed by atoms with Gasteiger partial charge in [-0.2, -0.15) is 0 Å². The molecule has 3 saturated heterocycles. The van der Waals surface area contributed by atoms with E-state index in [4.69, 9.17) is 37.6 Å². The third kappa shape index (κ3) is 9.62. The Labute approximate surface area is 365 Å². The van der Waals surface area contributed by atoms with Crippen LogP contribution in [0.5, 0.6) is 40.2 Å². The molecule has 8 unspecified atom stereocenters. The Bertz CT molecular complexity index is 2460. The number of carbonyl (C=O) groups excluding carboxylic acids is 1. The minimum Gasteiger partial charge on any atom is -0.507 e. The predicted molar refractivity (Wildman–Crippen MR) is 214 cm³/mol. The Hall–Kier alpha value is -5.80. The average Bonchev–Trinajstić information content (AvgIpc) is 3.26. The van der Waals surface area contributed by atoms with Crippen LogP contribution in [0.2, 0.25) is 0 Å². The molecule has 0 aliphatic carbocycles. The lowest BCUT2D eigenvalue weighted by molar-refractivity contribution is -0.354. The van der Waals surface area contributed by atoms with Crippen LogP contribution in [-0.2, 0) is 28.5 Å². The van der Waals surface area contributed by atoms with Crippen molar-refractivity contribution in [3.8, 4) is 51.6 Å². The molecule has 4 aromatic rings. The van der Waals surface area contributed by atoms with Crippen LogP contribution in [0, 0.1) is 0 Å². The largest absolute Gasteiger partial charge is 0.507 e. The van der Waals surface area contributed by atoms with Crippen LogP contribution in [0.1, 0.15) is 19.4 Å². The molecule has 7 rings (SSSR count). The van der Waals surface area contributed by atoms with Gasteiger partial charge in [-0.3, -0.25) is 4.79 Å². The molecule has 3 aromatic carbocycles. The zero-order valence-corrected chi connectivity index (χ0v) is 34.0. The molecule has 0 saturated carbocycles.